The van der Waals surface area contributed by atoms with Crippen LogP contribution in [0, 0.1) is 0 Å². The highest BCUT2D eigenvalue weighted by Gasteiger charge is 2.38. The van der Waals surface area contributed by atoms with Gasteiger partial charge in [-0.2, -0.15) is 0 Å². The average Bonchev–Trinajstić information content (AvgIpc) is 3.24. The molecule has 1 aromatic rings. The van der Waals surface area contributed by atoms with Crippen molar-refractivity contribution in [2.45, 2.75) is 42.5 Å². The molecule has 2 aliphatic heterocycles. The average molecular weight is 460 g/mol. The number of carbonyl (C=O) groups excluding carboxylic acids is 6. The lowest BCUT2D eigenvalue weighted by Crippen LogP contribution is -2.34. The summed E-state index contributed by atoms with van der Waals surface area (Å²) in [5.41, 5.74) is 1.78. The van der Waals surface area contributed by atoms with E-state index in [9.17, 15) is 28.8 Å². The molecule has 0 spiro atoms. The van der Waals surface area contributed by atoms with E-state index in [-0.39, 0.29) is 12.8 Å². The molecule has 2 aliphatic rings. The van der Waals surface area contributed by atoms with Gasteiger partial charge in [0.2, 0.25) is 11.8 Å². The summed E-state index contributed by atoms with van der Waals surface area (Å²) in [6, 6.07) is 7.36. The van der Waals surface area contributed by atoms with Gasteiger partial charge in [-0.15, -0.1) is 11.8 Å². The minimum atomic E-state index is -1.26. The van der Waals surface area contributed by atoms with Crippen LogP contribution >= 0.6 is 11.8 Å². The molecule has 2 heterocycles. The zero-order valence-corrected chi connectivity index (χ0v) is 17.6. The molecule has 11 heteroatoms. The Morgan fingerprint density at radius 1 is 1.00 bits per heavy atom. The Hall–Kier alpha value is -3.47. The summed E-state index contributed by atoms with van der Waals surface area (Å²) in [7, 11) is 0. The van der Waals surface area contributed by atoms with Crippen molar-refractivity contribution in [2.24, 2.45) is 0 Å². The Labute approximate surface area is 187 Å². The highest BCUT2D eigenvalue weighted by Crippen LogP contribution is 2.24. The SMILES string of the molecule is C=Cc1ccc(CSC(CC(=O)OC2CC(=O)NC2=O)C(=O)OC2CC(=O)NC2=O)cc1. The van der Waals surface area contributed by atoms with Crippen molar-refractivity contribution in [3.63, 3.8) is 0 Å². The number of imide groups is 2. The van der Waals surface area contributed by atoms with Gasteiger partial charge in [-0.05, 0) is 11.1 Å². The van der Waals surface area contributed by atoms with E-state index in [0.717, 1.165) is 22.9 Å². The van der Waals surface area contributed by atoms with Gasteiger partial charge >= 0.3 is 11.9 Å². The van der Waals surface area contributed by atoms with Crippen LogP contribution < -0.4 is 10.6 Å². The quantitative estimate of drug-likeness (QED) is 0.391. The molecule has 10 nitrogen and oxygen atoms in total. The highest BCUT2D eigenvalue weighted by molar-refractivity contribution is 7.99. The lowest BCUT2D eigenvalue weighted by Gasteiger charge is -2.18. The monoisotopic (exact) mass is 460 g/mol. The van der Waals surface area contributed by atoms with Crippen LogP contribution in [-0.4, -0.2) is 53.0 Å². The van der Waals surface area contributed by atoms with Gasteiger partial charge in [-0.3, -0.25) is 39.4 Å². The van der Waals surface area contributed by atoms with Gasteiger partial charge in [0.25, 0.3) is 11.8 Å². The lowest BCUT2D eigenvalue weighted by molar-refractivity contribution is -0.158. The second-order valence-electron chi connectivity index (χ2n) is 7.09. The van der Waals surface area contributed by atoms with Gasteiger partial charge in [-0.25, -0.2) is 0 Å². The number of carbonyl (C=O) groups is 6. The summed E-state index contributed by atoms with van der Waals surface area (Å²) in [5, 5.41) is 3.00. The number of esters is 2. The van der Waals surface area contributed by atoms with Gasteiger partial charge in [0, 0.05) is 5.75 Å². The Kier molecular flexibility index (Phi) is 7.41. The fourth-order valence-electron chi connectivity index (χ4n) is 2.98. The number of hydrogen-bond donors (Lipinski definition) is 2. The third-order valence-corrected chi connectivity index (χ3v) is 5.93. The van der Waals surface area contributed by atoms with Gasteiger partial charge in [0.1, 0.15) is 5.25 Å². The first-order valence-corrected chi connectivity index (χ1v) is 10.7. The number of rotatable bonds is 9. The number of hydrogen-bond acceptors (Lipinski definition) is 9. The van der Waals surface area contributed by atoms with Crippen LogP contribution in [-0.2, 0) is 44.0 Å². The summed E-state index contributed by atoms with van der Waals surface area (Å²) in [6.45, 7) is 3.68. The molecule has 2 N–H and O–H groups in total. The maximum absolute atomic E-state index is 12.7. The number of ether oxygens (including phenoxy) is 2. The van der Waals surface area contributed by atoms with Crippen molar-refractivity contribution in [2.75, 3.05) is 0 Å². The molecule has 168 valence electrons. The number of benzene rings is 1. The topological polar surface area (TPSA) is 145 Å². The molecule has 0 bridgehead atoms. The maximum Gasteiger partial charge on any atom is 0.320 e. The van der Waals surface area contributed by atoms with E-state index in [2.05, 4.69) is 6.58 Å². The zero-order chi connectivity index (χ0) is 23.3. The molecule has 0 saturated carbocycles. The summed E-state index contributed by atoms with van der Waals surface area (Å²) in [4.78, 5) is 70.9. The fourth-order valence-corrected chi connectivity index (χ4v) is 4.01. The second kappa shape index (κ2) is 10.2. The number of nitrogens with one attached hydrogen (secondary N) is 2. The van der Waals surface area contributed by atoms with Crippen molar-refractivity contribution < 1.29 is 38.2 Å². The van der Waals surface area contributed by atoms with E-state index >= 15 is 0 Å². The van der Waals surface area contributed by atoms with Crippen LogP contribution in [0.4, 0.5) is 0 Å². The van der Waals surface area contributed by atoms with Crippen LogP contribution in [0.25, 0.3) is 6.08 Å². The summed E-state index contributed by atoms with van der Waals surface area (Å²) >= 11 is 1.08. The Morgan fingerprint density at radius 3 is 2.06 bits per heavy atom. The molecule has 3 unspecified atom stereocenters. The number of amides is 4. The predicted octanol–water partition coefficient (Wildman–Crippen LogP) is 0.238. The van der Waals surface area contributed by atoms with Crippen LogP contribution in [0.3, 0.4) is 0 Å². The first-order valence-electron chi connectivity index (χ1n) is 9.65. The standard InChI is InChI=1S/C21H20N2O8S/c1-2-11-3-5-12(6-4-11)10-32-15(21(29)31-14-8-17(25)23-20(14)28)9-18(26)30-13-7-16(24)22-19(13)27/h2-6,13-15H,1,7-10H2,(H,22,24,27)(H,23,25,28). The summed E-state index contributed by atoms with van der Waals surface area (Å²) in [6.07, 6.45) is -1.85. The zero-order valence-electron chi connectivity index (χ0n) is 16.8. The van der Waals surface area contributed by atoms with E-state index in [1.807, 2.05) is 34.9 Å². The van der Waals surface area contributed by atoms with Crippen LogP contribution in [0.5, 0.6) is 0 Å². The lowest BCUT2D eigenvalue weighted by atomic mass is 10.1. The van der Waals surface area contributed by atoms with E-state index < -0.39 is 59.4 Å². The van der Waals surface area contributed by atoms with Crippen molar-refractivity contribution in [3.05, 3.63) is 42.0 Å². The molecule has 2 saturated heterocycles. The molecule has 3 rings (SSSR count). The predicted molar refractivity (Wildman–Crippen MR) is 112 cm³/mol. The summed E-state index contributed by atoms with van der Waals surface area (Å²) in [5.74, 6) is -3.97. The van der Waals surface area contributed by atoms with Crippen molar-refractivity contribution >= 4 is 53.4 Å². The molecule has 3 atom stereocenters. The third kappa shape index (κ3) is 6.03. The molecule has 0 radical (unpaired) electrons. The van der Waals surface area contributed by atoms with E-state index in [1.54, 1.807) is 6.08 Å². The Balaban J connectivity index is 1.65. The first-order chi connectivity index (χ1) is 15.2. The van der Waals surface area contributed by atoms with Crippen molar-refractivity contribution in [1.29, 1.82) is 0 Å². The van der Waals surface area contributed by atoms with Crippen molar-refractivity contribution in [3.8, 4) is 0 Å². The minimum Gasteiger partial charge on any atom is -0.452 e. The van der Waals surface area contributed by atoms with Crippen LogP contribution in [0.1, 0.15) is 30.4 Å². The third-order valence-electron chi connectivity index (χ3n) is 4.67. The summed E-state index contributed by atoms with van der Waals surface area (Å²) < 4.78 is 10.2. The number of thioether (sulfide) groups is 1. The van der Waals surface area contributed by atoms with E-state index in [1.165, 1.54) is 0 Å². The van der Waals surface area contributed by atoms with E-state index in [0.29, 0.717) is 5.75 Å². The maximum atomic E-state index is 12.7. The first kappa shape index (κ1) is 23.2. The molecule has 0 aromatic heterocycles. The molecule has 0 aliphatic carbocycles. The Bertz CT molecular complexity index is 975. The van der Waals surface area contributed by atoms with Gasteiger partial charge in [0.05, 0.1) is 19.3 Å². The molecule has 1 aromatic carbocycles. The molecule has 32 heavy (non-hydrogen) atoms. The fraction of sp³-hybridized carbons (Fsp3) is 0.333. The molecular formula is C21H20N2O8S. The molecule has 2 fully saturated rings. The normalized spacial score (nSPS) is 21.0. The largest absolute Gasteiger partial charge is 0.452 e. The van der Waals surface area contributed by atoms with Gasteiger partial charge in [-0.1, -0.05) is 36.9 Å². The van der Waals surface area contributed by atoms with Crippen molar-refractivity contribution in [1.82, 2.24) is 10.6 Å². The van der Waals surface area contributed by atoms with Gasteiger partial charge < -0.3 is 9.47 Å². The minimum absolute atomic E-state index is 0.285. The Morgan fingerprint density at radius 2 is 1.56 bits per heavy atom. The van der Waals surface area contributed by atoms with E-state index in [4.69, 9.17) is 9.47 Å². The molecule has 4 amide bonds. The smallest absolute Gasteiger partial charge is 0.320 e. The van der Waals surface area contributed by atoms with Crippen LogP contribution in [0.15, 0.2) is 30.8 Å². The van der Waals surface area contributed by atoms with Crippen LogP contribution in [0.2, 0.25) is 0 Å². The second-order valence-corrected chi connectivity index (χ2v) is 8.28. The molecular weight excluding hydrogens is 440 g/mol. The highest BCUT2D eigenvalue weighted by atomic mass is 32.2. The van der Waals surface area contributed by atoms with Gasteiger partial charge in [0.15, 0.2) is 12.2 Å².